The fourth-order valence-electron chi connectivity index (χ4n) is 4.85. The molecule has 0 unspecified atom stereocenters. The number of ether oxygens (including phenoxy) is 1. The van der Waals surface area contributed by atoms with E-state index >= 15 is 0 Å². The maximum absolute atomic E-state index is 13.5. The summed E-state index contributed by atoms with van der Waals surface area (Å²) in [5.41, 5.74) is -3.48. The van der Waals surface area contributed by atoms with Crippen LogP contribution in [0.3, 0.4) is 0 Å². The number of aliphatic hydroxyl groups is 1. The minimum Gasteiger partial charge on any atom is -0.434 e. The van der Waals surface area contributed by atoms with Gasteiger partial charge in [0.25, 0.3) is 5.91 Å². The lowest BCUT2D eigenvalue weighted by Gasteiger charge is -2.28. The highest BCUT2D eigenvalue weighted by atomic mass is 35.5. The van der Waals surface area contributed by atoms with Crippen molar-refractivity contribution in [3.63, 3.8) is 0 Å². The summed E-state index contributed by atoms with van der Waals surface area (Å²) in [6, 6.07) is 3.79. The number of benzene rings is 1. The van der Waals surface area contributed by atoms with Gasteiger partial charge in [-0.3, -0.25) is 9.48 Å². The van der Waals surface area contributed by atoms with Gasteiger partial charge in [0.05, 0.1) is 28.3 Å². The number of amides is 1. The molecule has 1 aliphatic rings. The lowest BCUT2D eigenvalue weighted by molar-refractivity contribution is -0.211. The van der Waals surface area contributed by atoms with Crippen molar-refractivity contribution in [3.05, 3.63) is 34.5 Å². The third-order valence-electron chi connectivity index (χ3n) is 7.26. The van der Waals surface area contributed by atoms with Crippen molar-refractivity contribution in [2.45, 2.75) is 91.7 Å². The Bertz CT molecular complexity index is 1180. The van der Waals surface area contributed by atoms with E-state index in [9.17, 15) is 31.9 Å². The number of carbonyl (C=O) groups excluding carboxylic acids is 1. The maximum atomic E-state index is 13.5. The number of hydrogen-bond acceptors (Lipinski definition) is 4. The number of carbonyl (C=O) groups is 1. The van der Waals surface area contributed by atoms with E-state index < -0.39 is 41.9 Å². The predicted octanol–water partition coefficient (Wildman–Crippen LogP) is 7.26. The third kappa shape index (κ3) is 8.09. The van der Waals surface area contributed by atoms with Crippen LogP contribution in [0.25, 0.3) is 11.3 Å². The normalized spacial score (nSPS) is 18.7. The smallest absolute Gasteiger partial charge is 0.394 e. The Morgan fingerprint density at radius 2 is 1.80 bits per heavy atom. The zero-order chi connectivity index (χ0) is 30.0. The van der Waals surface area contributed by atoms with Gasteiger partial charge >= 0.3 is 12.8 Å². The van der Waals surface area contributed by atoms with Crippen LogP contribution in [0, 0.1) is 17.3 Å². The molecule has 1 fully saturated rings. The second kappa shape index (κ2) is 12.2. The summed E-state index contributed by atoms with van der Waals surface area (Å²) in [6.07, 6.45) is -0.884. The van der Waals surface area contributed by atoms with Crippen LogP contribution < -0.4 is 10.1 Å². The quantitative estimate of drug-likeness (QED) is 0.284. The summed E-state index contributed by atoms with van der Waals surface area (Å²) in [6.45, 7) is 4.21. The largest absolute Gasteiger partial charge is 0.434 e. The fourth-order valence-corrected chi connectivity index (χ4v) is 5.18. The molecule has 1 heterocycles. The lowest BCUT2D eigenvalue weighted by atomic mass is 9.83. The highest BCUT2D eigenvalue weighted by molar-refractivity contribution is 6.36. The van der Waals surface area contributed by atoms with Gasteiger partial charge in [-0.25, -0.2) is 0 Å². The highest BCUT2D eigenvalue weighted by Crippen LogP contribution is 2.43. The zero-order valence-corrected chi connectivity index (χ0v) is 24.1. The zero-order valence-electron chi connectivity index (χ0n) is 23.3. The number of aromatic nitrogens is 2. The fraction of sp³-hybridized carbons (Fsp3) is 0.643. The van der Waals surface area contributed by atoms with Gasteiger partial charge < -0.3 is 15.2 Å². The Morgan fingerprint density at radius 1 is 1.18 bits per heavy atom. The van der Waals surface area contributed by atoms with Gasteiger partial charge in [0, 0.05) is 12.1 Å². The third-order valence-corrected chi connectivity index (χ3v) is 7.62. The number of hydrogen-bond donors (Lipinski definition) is 2. The van der Waals surface area contributed by atoms with Gasteiger partial charge in [0.1, 0.15) is 5.75 Å². The van der Waals surface area contributed by atoms with E-state index in [0.29, 0.717) is 18.4 Å². The standard InChI is InChI=1S/C28H37ClF5N3O3/c1-16-6-8-17(9-7-16)14-35-24(38)22-21(29)23(37(36-22)15-27(4,5)39)19-11-10-18(12-20(19)40-25(30)31)13-26(2,3)28(32,33)34/h10-12,16-17,25,39H,6-9,13-15H2,1-5H3,(H,35,38). The summed E-state index contributed by atoms with van der Waals surface area (Å²) in [5.74, 6) is -0.0137. The molecule has 1 aromatic carbocycles. The van der Waals surface area contributed by atoms with E-state index in [0.717, 1.165) is 45.6 Å². The van der Waals surface area contributed by atoms with Crippen molar-refractivity contribution in [1.29, 1.82) is 0 Å². The molecule has 3 rings (SSSR count). The molecule has 2 N–H and O–H groups in total. The molecule has 0 bridgehead atoms. The second-order valence-electron chi connectivity index (χ2n) is 12.1. The summed E-state index contributed by atoms with van der Waals surface area (Å²) >= 11 is 6.63. The molecule has 2 aromatic rings. The van der Waals surface area contributed by atoms with Crippen molar-refractivity contribution < 1.29 is 36.6 Å². The van der Waals surface area contributed by atoms with Gasteiger partial charge in [-0.15, -0.1) is 0 Å². The Hall–Kier alpha value is -2.40. The number of alkyl halides is 5. The summed E-state index contributed by atoms with van der Waals surface area (Å²) < 4.78 is 73.2. The average Bonchev–Trinajstić information content (AvgIpc) is 3.11. The molecule has 0 atom stereocenters. The minimum absolute atomic E-state index is 0.00377. The molecule has 12 heteroatoms. The first-order valence-electron chi connectivity index (χ1n) is 13.3. The first-order valence-corrected chi connectivity index (χ1v) is 13.7. The van der Waals surface area contributed by atoms with Crippen LogP contribution in [-0.4, -0.2) is 45.7 Å². The molecule has 40 heavy (non-hydrogen) atoms. The van der Waals surface area contributed by atoms with Gasteiger partial charge in [-0.1, -0.05) is 51.3 Å². The number of nitrogens with zero attached hydrogens (tertiary/aromatic N) is 2. The SMILES string of the molecule is CC1CCC(CNC(=O)c2nn(CC(C)(C)O)c(-c3ccc(CC(C)(C)C(F)(F)F)cc3OC(F)F)c2Cl)CC1. The predicted molar refractivity (Wildman–Crippen MR) is 143 cm³/mol. The van der Waals surface area contributed by atoms with Crippen LogP contribution in [0.15, 0.2) is 18.2 Å². The molecular weight excluding hydrogens is 557 g/mol. The van der Waals surface area contributed by atoms with E-state index in [1.165, 1.54) is 30.7 Å². The molecule has 1 aliphatic carbocycles. The summed E-state index contributed by atoms with van der Waals surface area (Å²) in [4.78, 5) is 13.1. The monoisotopic (exact) mass is 593 g/mol. The van der Waals surface area contributed by atoms with Crippen LogP contribution in [0.4, 0.5) is 22.0 Å². The molecule has 0 radical (unpaired) electrons. The van der Waals surface area contributed by atoms with Gasteiger partial charge in [-0.05, 0) is 62.6 Å². The molecule has 0 aliphatic heterocycles. The van der Waals surface area contributed by atoms with Crippen LogP contribution >= 0.6 is 11.6 Å². The first kappa shape index (κ1) is 32.1. The number of nitrogens with one attached hydrogen (secondary N) is 1. The van der Waals surface area contributed by atoms with Crippen molar-refractivity contribution >= 4 is 17.5 Å². The van der Waals surface area contributed by atoms with Crippen LogP contribution in [-0.2, 0) is 13.0 Å². The minimum atomic E-state index is -4.53. The van der Waals surface area contributed by atoms with Crippen LogP contribution in [0.5, 0.6) is 5.75 Å². The molecular formula is C28H37ClF5N3O3. The molecule has 1 saturated carbocycles. The lowest BCUT2D eigenvalue weighted by Crippen LogP contribution is -2.34. The molecule has 0 spiro atoms. The maximum Gasteiger partial charge on any atom is 0.394 e. The van der Waals surface area contributed by atoms with E-state index in [4.69, 9.17) is 16.3 Å². The Kier molecular flexibility index (Phi) is 9.82. The van der Waals surface area contributed by atoms with Crippen molar-refractivity contribution in [2.24, 2.45) is 17.3 Å². The Morgan fingerprint density at radius 3 is 2.35 bits per heavy atom. The Labute approximate surface area is 236 Å². The molecule has 6 nitrogen and oxygen atoms in total. The van der Waals surface area contributed by atoms with Crippen LogP contribution in [0.1, 0.15) is 76.4 Å². The van der Waals surface area contributed by atoms with E-state index in [1.807, 2.05) is 0 Å². The second-order valence-corrected chi connectivity index (χ2v) is 12.5. The van der Waals surface area contributed by atoms with Crippen molar-refractivity contribution in [1.82, 2.24) is 15.1 Å². The highest BCUT2D eigenvalue weighted by Gasteiger charge is 2.47. The molecule has 1 amide bonds. The van der Waals surface area contributed by atoms with Gasteiger partial charge in [0.2, 0.25) is 0 Å². The van der Waals surface area contributed by atoms with E-state index in [-0.39, 0.29) is 34.1 Å². The summed E-state index contributed by atoms with van der Waals surface area (Å²) in [7, 11) is 0. The topological polar surface area (TPSA) is 76.4 Å². The van der Waals surface area contributed by atoms with Gasteiger partial charge in [-0.2, -0.15) is 27.1 Å². The number of halogens is 6. The van der Waals surface area contributed by atoms with E-state index in [2.05, 4.69) is 17.3 Å². The first-order chi connectivity index (χ1) is 18.4. The molecule has 1 aromatic heterocycles. The van der Waals surface area contributed by atoms with Gasteiger partial charge in [0.15, 0.2) is 5.69 Å². The number of rotatable bonds is 10. The van der Waals surface area contributed by atoms with Crippen molar-refractivity contribution in [2.75, 3.05) is 6.54 Å². The Balaban J connectivity index is 2.01. The van der Waals surface area contributed by atoms with Crippen LogP contribution in [0.2, 0.25) is 5.02 Å². The van der Waals surface area contributed by atoms with E-state index in [1.54, 1.807) is 0 Å². The molecule has 0 saturated heterocycles. The van der Waals surface area contributed by atoms with Crippen molar-refractivity contribution in [3.8, 4) is 17.0 Å². The average molecular weight is 594 g/mol. The molecule has 224 valence electrons. The summed E-state index contributed by atoms with van der Waals surface area (Å²) in [5, 5.41) is 17.5.